The van der Waals surface area contributed by atoms with E-state index in [1.165, 1.54) is 16.4 Å². The number of hydrogen-bond donors (Lipinski definition) is 0. The fraction of sp³-hybridized carbons (Fsp3) is 0.562. The van der Waals surface area contributed by atoms with Crippen LogP contribution in [0.3, 0.4) is 0 Å². The Kier molecular flexibility index (Phi) is 4.97. The van der Waals surface area contributed by atoms with Gasteiger partial charge < -0.3 is 9.64 Å². The van der Waals surface area contributed by atoms with Crippen molar-refractivity contribution in [2.24, 2.45) is 0 Å². The highest BCUT2D eigenvalue weighted by molar-refractivity contribution is 7.88. The molecule has 2 aliphatic rings. The van der Waals surface area contributed by atoms with Gasteiger partial charge in [0.1, 0.15) is 11.8 Å². The molecular weight excluding hydrogens is 354 g/mol. The molecule has 0 aromatic heterocycles. The number of ether oxygens (including phenoxy) is 1. The van der Waals surface area contributed by atoms with Gasteiger partial charge in [-0.25, -0.2) is 8.42 Å². The van der Waals surface area contributed by atoms with Crippen molar-refractivity contribution in [2.45, 2.75) is 38.3 Å². The molecule has 2 aliphatic heterocycles. The fourth-order valence-corrected chi connectivity index (χ4v) is 4.66. The molecule has 1 amide bonds. The zero-order chi connectivity index (χ0) is 18.2. The molecule has 1 fully saturated rings. The van der Waals surface area contributed by atoms with Gasteiger partial charge in [0.15, 0.2) is 0 Å². The molecule has 25 heavy (non-hydrogen) atoms. The predicted octanol–water partition coefficient (Wildman–Crippen LogP) is 1.99. The first kappa shape index (κ1) is 18.1. The third-order valence-electron chi connectivity index (χ3n) is 4.58. The average Bonchev–Trinajstić information content (AvgIpc) is 3.02. The Hall–Kier alpha value is -1.74. The van der Waals surface area contributed by atoms with Crippen molar-refractivity contribution in [2.75, 3.05) is 24.2 Å². The van der Waals surface area contributed by atoms with Crippen LogP contribution in [-0.4, -0.2) is 50.6 Å². The molecule has 3 rings (SSSR count). The molecule has 1 aromatic rings. The number of amides is 1. The van der Waals surface area contributed by atoms with Gasteiger partial charge in [0.05, 0.1) is 6.26 Å². The quantitative estimate of drug-likeness (QED) is 0.808. The third-order valence-corrected chi connectivity index (χ3v) is 5.86. The van der Waals surface area contributed by atoms with Crippen molar-refractivity contribution in [3.05, 3.63) is 23.8 Å². The van der Waals surface area contributed by atoms with Crippen molar-refractivity contribution in [3.63, 3.8) is 0 Å². The lowest BCUT2D eigenvalue weighted by Crippen LogP contribution is -2.49. The number of rotatable bonds is 4. The van der Waals surface area contributed by atoms with Crippen molar-refractivity contribution >= 4 is 21.6 Å². The van der Waals surface area contributed by atoms with Crippen LogP contribution in [0.1, 0.15) is 24.8 Å². The summed E-state index contributed by atoms with van der Waals surface area (Å²) in [7, 11) is -3.45. The van der Waals surface area contributed by atoms with Gasteiger partial charge in [-0.2, -0.15) is 13.1 Å². The van der Waals surface area contributed by atoms with E-state index in [-0.39, 0.29) is 11.7 Å². The Morgan fingerprint density at radius 3 is 2.72 bits per heavy atom. The molecule has 1 atom stereocenters. The number of nitrogens with zero attached hydrogens (tertiary/aromatic N) is 2. The number of carbonyl (C=O) groups is 1. The van der Waals surface area contributed by atoms with E-state index in [0.717, 1.165) is 11.8 Å². The van der Waals surface area contributed by atoms with E-state index in [4.69, 9.17) is 0 Å². The highest BCUT2D eigenvalue weighted by atomic mass is 32.2. The smallest absolute Gasteiger partial charge is 0.387 e. The topological polar surface area (TPSA) is 66.9 Å². The molecule has 1 aromatic carbocycles. The number of benzene rings is 1. The lowest BCUT2D eigenvalue weighted by molar-refractivity contribution is -0.121. The van der Waals surface area contributed by atoms with Crippen LogP contribution >= 0.6 is 0 Å². The lowest BCUT2D eigenvalue weighted by Gasteiger charge is -2.33. The van der Waals surface area contributed by atoms with Gasteiger partial charge >= 0.3 is 6.61 Å². The van der Waals surface area contributed by atoms with Gasteiger partial charge in [-0.15, -0.1) is 0 Å². The Morgan fingerprint density at radius 1 is 1.28 bits per heavy atom. The van der Waals surface area contributed by atoms with E-state index in [9.17, 15) is 22.0 Å². The molecule has 0 bridgehead atoms. The Labute approximate surface area is 145 Å². The van der Waals surface area contributed by atoms with Crippen LogP contribution in [0.2, 0.25) is 0 Å². The fourth-order valence-electron chi connectivity index (χ4n) is 3.54. The summed E-state index contributed by atoms with van der Waals surface area (Å²) >= 11 is 0. The van der Waals surface area contributed by atoms with E-state index < -0.39 is 22.7 Å². The molecule has 0 N–H and O–H groups in total. The van der Waals surface area contributed by atoms with Crippen LogP contribution in [-0.2, 0) is 21.2 Å². The van der Waals surface area contributed by atoms with Gasteiger partial charge in [0.25, 0.3) is 0 Å². The van der Waals surface area contributed by atoms with Crippen LogP contribution in [0.25, 0.3) is 0 Å². The number of halogens is 2. The van der Waals surface area contributed by atoms with Crippen molar-refractivity contribution in [1.82, 2.24) is 4.31 Å². The Morgan fingerprint density at radius 2 is 2.04 bits per heavy atom. The minimum atomic E-state index is -3.45. The van der Waals surface area contributed by atoms with E-state index in [0.29, 0.717) is 44.5 Å². The summed E-state index contributed by atoms with van der Waals surface area (Å²) in [6.07, 6.45) is 3.58. The second kappa shape index (κ2) is 6.87. The van der Waals surface area contributed by atoms with Crippen molar-refractivity contribution in [1.29, 1.82) is 0 Å². The molecule has 2 heterocycles. The standard InChI is InChI=1S/C16H20F2N2O4S/c1-25(22,23)20-9-3-5-14(20)15(21)19-8-2-4-11-10-12(24-16(17)18)6-7-13(11)19/h6-7,10,14,16H,2-5,8-9H2,1H3/t14-/m1/s1. The van der Waals surface area contributed by atoms with Crippen LogP contribution < -0.4 is 9.64 Å². The first-order chi connectivity index (χ1) is 11.8. The summed E-state index contributed by atoms with van der Waals surface area (Å²) in [4.78, 5) is 14.5. The average molecular weight is 374 g/mol. The third kappa shape index (κ3) is 3.77. The predicted molar refractivity (Wildman–Crippen MR) is 88.3 cm³/mol. The monoisotopic (exact) mass is 374 g/mol. The summed E-state index contributed by atoms with van der Waals surface area (Å²) in [6, 6.07) is 3.81. The number of fused-ring (bicyclic) bond motifs is 1. The van der Waals surface area contributed by atoms with Gasteiger partial charge in [-0.1, -0.05) is 0 Å². The van der Waals surface area contributed by atoms with E-state index in [1.807, 2.05) is 0 Å². The summed E-state index contributed by atoms with van der Waals surface area (Å²) < 4.78 is 54.2. The van der Waals surface area contributed by atoms with Crippen LogP contribution in [0.5, 0.6) is 5.75 Å². The second-order valence-electron chi connectivity index (χ2n) is 6.29. The van der Waals surface area contributed by atoms with Gasteiger partial charge in [-0.05, 0) is 49.4 Å². The number of carbonyl (C=O) groups excluding carboxylic acids is 1. The Balaban J connectivity index is 1.86. The molecular formula is C16H20F2N2O4S. The number of anilines is 1. The number of aryl methyl sites for hydroxylation is 1. The van der Waals surface area contributed by atoms with Crippen molar-refractivity contribution in [3.8, 4) is 5.75 Å². The maximum atomic E-state index is 13.0. The van der Waals surface area contributed by atoms with Crippen molar-refractivity contribution < 1.29 is 26.7 Å². The van der Waals surface area contributed by atoms with Gasteiger partial charge in [-0.3, -0.25) is 4.79 Å². The minimum absolute atomic E-state index is 0.0571. The van der Waals surface area contributed by atoms with Crippen LogP contribution in [0.15, 0.2) is 18.2 Å². The number of hydrogen-bond acceptors (Lipinski definition) is 4. The normalized spacial score (nSPS) is 21.4. The van der Waals surface area contributed by atoms with Crippen LogP contribution in [0.4, 0.5) is 14.5 Å². The summed E-state index contributed by atoms with van der Waals surface area (Å²) in [5, 5.41) is 0. The van der Waals surface area contributed by atoms with E-state index in [2.05, 4.69) is 4.74 Å². The second-order valence-corrected chi connectivity index (χ2v) is 8.23. The van der Waals surface area contributed by atoms with Crippen LogP contribution in [0, 0.1) is 0 Å². The molecule has 9 heteroatoms. The van der Waals surface area contributed by atoms with E-state index in [1.54, 1.807) is 11.0 Å². The molecule has 0 unspecified atom stereocenters. The highest BCUT2D eigenvalue weighted by Crippen LogP contribution is 2.33. The van der Waals surface area contributed by atoms with E-state index >= 15 is 0 Å². The SMILES string of the molecule is CS(=O)(=O)N1CCC[C@@H]1C(=O)N1CCCc2cc(OC(F)F)ccc21. The van der Waals surface area contributed by atoms with Gasteiger partial charge in [0.2, 0.25) is 15.9 Å². The Bertz CT molecular complexity index is 769. The molecule has 138 valence electrons. The molecule has 0 saturated carbocycles. The maximum absolute atomic E-state index is 13.0. The molecule has 0 radical (unpaired) electrons. The largest absolute Gasteiger partial charge is 0.435 e. The minimum Gasteiger partial charge on any atom is -0.435 e. The molecule has 0 aliphatic carbocycles. The lowest BCUT2D eigenvalue weighted by atomic mass is 10.00. The summed E-state index contributed by atoms with van der Waals surface area (Å²) in [5.74, 6) is -0.201. The maximum Gasteiger partial charge on any atom is 0.387 e. The molecule has 1 saturated heterocycles. The molecule has 0 spiro atoms. The summed E-state index contributed by atoms with van der Waals surface area (Å²) in [5.41, 5.74) is 1.39. The molecule has 6 nitrogen and oxygen atoms in total. The number of alkyl halides is 2. The summed E-state index contributed by atoms with van der Waals surface area (Å²) in [6.45, 7) is -2.08. The zero-order valence-electron chi connectivity index (χ0n) is 13.8. The zero-order valence-corrected chi connectivity index (χ0v) is 14.6. The van der Waals surface area contributed by atoms with Gasteiger partial charge in [0, 0.05) is 18.8 Å². The first-order valence-electron chi connectivity index (χ1n) is 8.13. The highest BCUT2D eigenvalue weighted by Gasteiger charge is 2.39. The number of sulfonamides is 1. The first-order valence-corrected chi connectivity index (χ1v) is 9.98.